The summed E-state index contributed by atoms with van der Waals surface area (Å²) in [5, 5.41) is 2.09. The van der Waals surface area contributed by atoms with Crippen LogP contribution in [0.3, 0.4) is 0 Å². The van der Waals surface area contributed by atoms with Crippen molar-refractivity contribution in [2.45, 2.75) is 26.7 Å². The molecule has 0 aliphatic carbocycles. The summed E-state index contributed by atoms with van der Waals surface area (Å²) in [5.41, 5.74) is 12.5. The number of hydrogen-bond acceptors (Lipinski definition) is 7. The zero-order chi connectivity index (χ0) is 27.1. The summed E-state index contributed by atoms with van der Waals surface area (Å²) in [5.74, 6) is 1.23. The molecule has 38 heavy (non-hydrogen) atoms. The van der Waals surface area contributed by atoms with Gasteiger partial charge in [0.05, 0.1) is 38.1 Å². The van der Waals surface area contributed by atoms with Gasteiger partial charge in [0.25, 0.3) is 0 Å². The van der Waals surface area contributed by atoms with Gasteiger partial charge in [0.1, 0.15) is 17.9 Å². The van der Waals surface area contributed by atoms with Gasteiger partial charge in [0, 0.05) is 17.0 Å². The lowest BCUT2D eigenvalue weighted by molar-refractivity contribution is 0.0402. The summed E-state index contributed by atoms with van der Waals surface area (Å²) in [6.45, 7) is 5.54. The highest BCUT2D eigenvalue weighted by Crippen LogP contribution is 2.33. The Kier molecular flexibility index (Phi) is 9.31. The second-order valence-corrected chi connectivity index (χ2v) is 11.1. The van der Waals surface area contributed by atoms with Crippen LogP contribution in [0.4, 0.5) is 5.82 Å². The van der Waals surface area contributed by atoms with Crippen LogP contribution < -0.4 is 10.5 Å². The molecule has 0 saturated heterocycles. The van der Waals surface area contributed by atoms with Crippen LogP contribution in [0.5, 0.6) is 5.75 Å². The molecule has 10 heteroatoms. The Morgan fingerprint density at radius 3 is 2.42 bits per heavy atom. The van der Waals surface area contributed by atoms with E-state index in [0.717, 1.165) is 57.1 Å². The molecule has 9 nitrogen and oxygen atoms in total. The van der Waals surface area contributed by atoms with Crippen molar-refractivity contribution in [1.82, 2.24) is 9.97 Å². The fourth-order valence-electron chi connectivity index (χ4n) is 4.24. The van der Waals surface area contributed by atoms with Crippen LogP contribution in [0.2, 0.25) is 0 Å². The van der Waals surface area contributed by atoms with Crippen LogP contribution in [0.15, 0.2) is 48.7 Å². The van der Waals surface area contributed by atoms with E-state index in [1.807, 2.05) is 31.3 Å². The summed E-state index contributed by atoms with van der Waals surface area (Å²) < 4.78 is 27.1. The van der Waals surface area contributed by atoms with E-state index in [1.165, 1.54) is 5.56 Å². The number of fused-ring (bicyclic) bond motifs is 3. The Labute approximate surface area is 222 Å². The zero-order valence-electron chi connectivity index (χ0n) is 21.7. The Bertz CT molecular complexity index is 1460. The number of anilines is 1. The third kappa shape index (κ3) is 7.72. The number of nitrogens with two attached hydrogens (primary N) is 1. The van der Waals surface area contributed by atoms with Crippen LogP contribution in [-0.2, 0) is 26.9 Å². The average Bonchev–Trinajstić information content (AvgIpc) is 2.86. The Hall–Kier alpha value is -3.07. The standard InChI is InChI=1S/C28H34N3O6P/c1-19-3-8-24-25-17-21(18-30-27(25)28(29)31-26(24)15-19)4-5-22-6-7-23(16-20(22)2)37-12-11-35-9-10-36-13-14-38(32,33)34/h3,6-8,15-18H,4-5,9-14H2,1-2H3,(H2,29,31)(H2,32,33,34). The molecule has 0 aliphatic rings. The zero-order valence-corrected chi connectivity index (χ0v) is 22.6. The molecule has 0 aliphatic heterocycles. The quantitative estimate of drug-likeness (QED) is 0.129. The van der Waals surface area contributed by atoms with Gasteiger partial charge in [-0.15, -0.1) is 0 Å². The number of hydrogen-bond donors (Lipinski definition) is 3. The van der Waals surface area contributed by atoms with E-state index < -0.39 is 7.60 Å². The highest BCUT2D eigenvalue weighted by atomic mass is 31.2. The largest absolute Gasteiger partial charge is 0.491 e. The van der Waals surface area contributed by atoms with E-state index in [4.69, 9.17) is 29.7 Å². The van der Waals surface area contributed by atoms with Crippen molar-refractivity contribution in [2.75, 3.05) is 44.9 Å². The first kappa shape index (κ1) is 28.0. The molecule has 4 N–H and O–H groups in total. The molecular formula is C28H34N3O6P. The molecule has 2 aromatic heterocycles. The number of nitrogen functional groups attached to an aromatic ring is 1. The van der Waals surface area contributed by atoms with E-state index in [2.05, 4.69) is 41.2 Å². The van der Waals surface area contributed by atoms with Gasteiger partial charge in [-0.1, -0.05) is 18.2 Å². The van der Waals surface area contributed by atoms with Crippen molar-refractivity contribution < 1.29 is 28.6 Å². The average molecular weight is 540 g/mol. The fourth-order valence-corrected chi connectivity index (χ4v) is 4.61. The van der Waals surface area contributed by atoms with Crippen LogP contribution in [0, 0.1) is 13.8 Å². The van der Waals surface area contributed by atoms with Crippen molar-refractivity contribution >= 4 is 35.2 Å². The van der Waals surface area contributed by atoms with Gasteiger partial charge in [-0.05, 0) is 73.2 Å². The smallest absolute Gasteiger partial charge is 0.327 e. The molecule has 202 valence electrons. The van der Waals surface area contributed by atoms with Crippen molar-refractivity contribution in [2.24, 2.45) is 0 Å². The van der Waals surface area contributed by atoms with E-state index in [1.54, 1.807) is 0 Å². The van der Waals surface area contributed by atoms with Crippen LogP contribution in [-0.4, -0.2) is 59.0 Å². The Morgan fingerprint density at radius 1 is 0.895 bits per heavy atom. The van der Waals surface area contributed by atoms with Crippen LogP contribution in [0.25, 0.3) is 21.8 Å². The maximum absolute atomic E-state index is 10.7. The summed E-state index contributed by atoms with van der Waals surface area (Å²) in [7, 11) is -4.01. The molecular weight excluding hydrogens is 505 g/mol. The molecule has 2 heterocycles. The summed E-state index contributed by atoms with van der Waals surface area (Å²) in [4.78, 5) is 26.7. The fraction of sp³-hybridized carbons (Fsp3) is 0.357. The lowest BCUT2D eigenvalue weighted by Crippen LogP contribution is -2.12. The molecule has 0 fully saturated rings. The van der Waals surface area contributed by atoms with Crippen molar-refractivity contribution in [3.05, 3.63) is 70.9 Å². The lowest BCUT2D eigenvalue weighted by Gasteiger charge is -2.12. The van der Waals surface area contributed by atoms with E-state index >= 15 is 0 Å². The van der Waals surface area contributed by atoms with Crippen LogP contribution >= 0.6 is 7.60 Å². The first-order chi connectivity index (χ1) is 18.2. The minimum absolute atomic E-state index is 0.00980. The highest BCUT2D eigenvalue weighted by Gasteiger charge is 2.12. The lowest BCUT2D eigenvalue weighted by atomic mass is 9.99. The van der Waals surface area contributed by atoms with E-state index in [-0.39, 0.29) is 19.4 Å². The number of benzene rings is 2. The minimum Gasteiger partial charge on any atom is -0.491 e. The number of ether oxygens (including phenoxy) is 3. The van der Waals surface area contributed by atoms with Gasteiger partial charge in [-0.2, -0.15) is 0 Å². The van der Waals surface area contributed by atoms with Gasteiger partial charge in [0.2, 0.25) is 0 Å². The van der Waals surface area contributed by atoms with E-state index in [0.29, 0.717) is 25.6 Å². The molecule has 0 amide bonds. The number of rotatable bonds is 13. The van der Waals surface area contributed by atoms with Crippen molar-refractivity contribution in [3.8, 4) is 5.75 Å². The SMILES string of the molecule is Cc1ccc2c(c1)nc(N)c1ncc(CCc3ccc(OCCOCCOCCP(=O)(O)O)cc3C)cc12. The van der Waals surface area contributed by atoms with Crippen molar-refractivity contribution in [3.63, 3.8) is 0 Å². The first-order valence-corrected chi connectivity index (χ1v) is 14.4. The molecule has 4 aromatic rings. The van der Waals surface area contributed by atoms with Crippen molar-refractivity contribution in [1.29, 1.82) is 0 Å². The predicted octanol–water partition coefficient (Wildman–Crippen LogP) is 4.36. The molecule has 0 radical (unpaired) electrons. The number of aromatic nitrogens is 2. The van der Waals surface area contributed by atoms with Gasteiger partial charge in [-0.3, -0.25) is 9.55 Å². The second kappa shape index (κ2) is 12.7. The number of pyridine rings is 2. The molecule has 0 saturated carbocycles. The summed E-state index contributed by atoms with van der Waals surface area (Å²) in [6.07, 6.45) is 3.33. The molecule has 0 unspecified atom stereocenters. The Balaban J connectivity index is 1.27. The third-order valence-corrected chi connectivity index (χ3v) is 7.03. The van der Waals surface area contributed by atoms with Crippen LogP contribution in [0.1, 0.15) is 22.3 Å². The predicted molar refractivity (Wildman–Crippen MR) is 149 cm³/mol. The molecule has 0 spiro atoms. The minimum atomic E-state index is -4.01. The summed E-state index contributed by atoms with van der Waals surface area (Å²) >= 11 is 0. The highest BCUT2D eigenvalue weighted by molar-refractivity contribution is 7.51. The van der Waals surface area contributed by atoms with Gasteiger partial charge >= 0.3 is 7.60 Å². The van der Waals surface area contributed by atoms with Gasteiger partial charge in [-0.25, -0.2) is 4.98 Å². The van der Waals surface area contributed by atoms with Gasteiger partial charge < -0.3 is 29.7 Å². The molecule has 2 aromatic carbocycles. The summed E-state index contributed by atoms with van der Waals surface area (Å²) in [6, 6.07) is 14.5. The Morgan fingerprint density at radius 2 is 1.66 bits per heavy atom. The second-order valence-electron chi connectivity index (χ2n) is 9.31. The molecule has 4 rings (SSSR count). The number of nitrogens with zero attached hydrogens (tertiary/aromatic N) is 2. The number of aryl methyl sites for hydroxylation is 4. The maximum Gasteiger partial charge on any atom is 0.327 e. The molecule has 0 atom stereocenters. The topological polar surface area (TPSA) is 137 Å². The molecule has 0 bridgehead atoms. The normalized spacial score (nSPS) is 11.9. The first-order valence-electron chi connectivity index (χ1n) is 12.6. The maximum atomic E-state index is 10.7. The van der Waals surface area contributed by atoms with Gasteiger partial charge in [0.15, 0.2) is 5.82 Å². The van der Waals surface area contributed by atoms with E-state index in [9.17, 15) is 4.57 Å². The third-order valence-electron chi connectivity index (χ3n) is 6.26. The monoisotopic (exact) mass is 539 g/mol.